The van der Waals surface area contributed by atoms with E-state index in [9.17, 15) is 0 Å². The van der Waals surface area contributed by atoms with E-state index in [1.165, 1.54) is 99.8 Å². The lowest BCUT2D eigenvalue weighted by molar-refractivity contribution is -0.961. The molecule has 0 radical (unpaired) electrons. The highest BCUT2D eigenvalue weighted by Gasteiger charge is 2.40. The standard InChI is InChI=1S/C14H28N2.BrH/c1-2-7-15(8-3-1)11-6-12-16(14-13-15)9-4-5-10-16;/h1-14H2;1H/q+2;/p-1. The van der Waals surface area contributed by atoms with E-state index < -0.39 is 0 Å². The maximum absolute atomic E-state index is 1.50. The lowest BCUT2D eigenvalue weighted by atomic mass is 10.1. The summed E-state index contributed by atoms with van der Waals surface area (Å²) in [6, 6.07) is 0. The molecular formula is C14H28BrN2+. The molecule has 3 aliphatic heterocycles. The SMILES string of the molecule is C1CC[N+]2(CC1)CCC[N+]1(CCCC1)CC2.[Br-]. The van der Waals surface area contributed by atoms with E-state index in [0.717, 1.165) is 0 Å². The smallest absolute Gasteiger partial charge is 0.129 e. The van der Waals surface area contributed by atoms with Crippen LogP contribution in [0.4, 0.5) is 0 Å². The quantitative estimate of drug-likeness (QED) is 0.504. The van der Waals surface area contributed by atoms with Crippen LogP contribution in [-0.4, -0.2) is 61.3 Å². The zero-order valence-electron chi connectivity index (χ0n) is 11.2. The highest BCUT2D eigenvalue weighted by molar-refractivity contribution is 4.62. The number of halogens is 1. The van der Waals surface area contributed by atoms with Crippen LogP contribution in [0.25, 0.3) is 0 Å². The van der Waals surface area contributed by atoms with Crippen molar-refractivity contribution < 1.29 is 25.9 Å². The van der Waals surface area contributed by atoms with Crippen LogP contribution in [0.2, 0.25) is 0 Å². The summed E-state index contributed by atoms with van der Waals surface area (Å²) in [6.45, 7) is 12.0. The van der Waals surface area contributed by atoms with Gasteiger partial charge in [-0.05, 0) is 19.3 Å². The van der Waals surface area contributed by atoms with E-state index in [1.807, 2.05) is 0 Å². The van der Waals surface area contributed by atoms with Crippen molar-refractivity contribution in [3.8, 4) is 0 Å². The predicted octanol–water partition coefficient (Wildman–Crippen LogP) is -0.995. The van der Waals surface area contributed by atoms with Crippen LogP contribution >= 0.6 is 0 Å². The molecular weight excluding hydrogens is 276 g/mol. The molecule has 3 fully saturated rings. The molecule has 3 aliphatic rings. The molecule has 3 saturated heterocycles. The fourth-order valence-corrected chi connectivity index (χ4v) is 4.47. The molecule has 0 bridgehead atoms. The summed E-state index contributed by atoms with van der Waals surface area (Å²) < 4.78 is 3.00. The molecule has 3 heterocycles. The van der Waals surface area contributed by atoms with Crippen molar-refractivity contribution >= 4 is 0 Å². The van der Waals surface area contributed by atoms with E-state index >= 15 is 0 Å². The Balaban J connectivity index is 0.00000108. The maximum atomic E-state index is 1.50. The molecule has 0 amide bonds. The molecule has 3 heteroatoms. The number of quaternary nitrogens is 2. The molecule has 0 atom stereocenters. The van der Waals surface area contributed by atoms with E-state index in [4.69, 9.17) is 0 Å². The summed E-state index contributed by atoms with van der Waals surface area (Å²) >= 11 is 0. The van der Waals surface area contributed by atoms with E-state index in [0.29, 0.717) is 0 Å². The van der Waals surface area contributed by atoms with Crippen molar-refractivity contribution in [2.45, 2.75) is 38.5 Å². The second-order valence-electron chi connectivity index (χ2n) is 6.59. The van der Waals surface area contributed by atoms with Crippen molar-refractivity contribution in [2.75, 3.05) is 52.4 Å². The monoisotopic (exact) mass is 303 g/mol. The van der Waals surface area contributed by atoms with Gasteiger partial charge in [0.2, 0.25) is 0 Å². The Morgan fingerprint density at radius 1 is 0.353 bits per heavy atom. The molecule has 2 spiro atoms. The minimum atomic E-state index is 0. The van der Waals surface area contributed by atoms with E-state index in [-0.39, 0.29) is 17.0 Å². The second kappa shape index (κ2) is 5.58. The first-order valence-electron chi connectivity index (χ1n) is 7.53. The molecule has 0 aromatic heterocycles. The van der Waals surface area contributed by atoms with Gasteiger partial charge in [0.1, 0.15) is 13.1 Å². The van der Waals surface area contributed by atoms with Crippen LogP contribution in [0, 0.1) is 0 Å². The largest absolute Gasteiger partial charge is 1.00 e. The van der Waals surface area contributed by atoms with Gasteiger partial charge in [-0.15, -0.1) is 0 Å². The van der Waals surface area contributed by atoms with E-state index in [2.05, 4.69) is 0 Å². The Kier molecular flexibility index (Phi) is 4.54. The first kappa shape index (κ1) is 13.8. The summed E-state index contributed by atoms with van der Waals surface area (Å²) in [7, 11) is 0. The first-order chi connectivity index (χ1) is 7.83. The zero-order valence-corrected chi connectivity index (χ0v) is 12.8. The van der Waals surface area contributed by atoms with Crippen LogP contribution < -0.4 is 17.0 Å². The molecule has 0 N–H and O–H groups in total. The number of hydrogen-bond donors (Lipinski definition) is 0. The summed E-state index contributed by atoms with van der Waals surface area (Å²) in [5, 5.41) is 0. The van der Waals surface area contributed by atoms with Gasteiger partial charge in [-0.25, -0.2) is 0 Å². The number of nitrogens with zero attached hydrogens (tertiary/aromatic N) is 2. The van der Waals surface area contributed by atoms with Gasteiger partial charge in [0.05, 0.1) is 39.3 Å². The summed E-state index contributed by atoms with van der Waals surface area (Å²) in [4.78, 5) is 0. The van der Waals surface area contributed by atoms with Crippen molar-refractivity contribution in [1.29, 1.82) is 0 Å². The highest BCUT2D eigenvalue weighted by Crippen LogP contribution is 2.27. The lowest BCUT2D eigenvalue weighted by Crippen LogP contribution is -3.00. The molecule has 0 aromatic carbocycles. The van der Waals surface area contributed by atoms with Crippen LogP contribution in [-0.2, 0) is 0 Å². The summed E-state index contributed by atoms with van der Waals surface area (Å²) in [5.41, 5.74) is 0. The van der Waals surface area contributed by atoms with Gasteiger partial charge in [0.25, 0.3) is 0 Å². The van der Waals surface area contributed by atoms with Gasteiger partial charge in [-0.2, -0.15) is 0 Å². The van der Waals surface area contributed by atoms with Gasteiger partial charge in [0, 0.05) is 19.3 Å². The minimum absolute atomic E-state index is 0. The fraction of sp³-hybridized carbons (Fsp3) is 1.00. The third-order valence-corrected chi connectivity index (χ3v) is 5.59. The molecule has 100 valence electrons. The molecule has 0 aromatic rings. The van der Waals surface area contributed by atoms with Gasteiger partial charge in [-0.3, -0.25) is 0 Å². The lowest BCUT2D eigenvalue weighted by Gasteiger charge is -2.41. The molecule has 17 heavy (non-hydrogen) atoms. The van der Waals surface area contributed by atoms with Gasteiger partial charge < -0.3 is 25.9 Å². The maximum Gasteiger partial charge on any atom is 0.129 e. The minimum Gasteiger partial charge on any atom is -1.00 e. The normalized spacial score (nSPS) is 31.1. The van der Waals surface area contributed by atoms with Crippen molar-refractivity contribution in [3.63, 3.8) is 0 Å². The Morgan fingerprint density at radius 2 is 0.706 bits per heavy atom. The van der Waals surface area contributed by atoms with Crippen LogP contribution in [0.15, 0.2) is 0 Å². The second-order valence-corrected chi connectivity index (χ2v) is 6.59. The van der Waals surface area contributed by atoms with Crippen LogP contribution in [0.1, 0.15) is 38.5 Å². The molecule has 0 aliphatic carbocycles. The molecule has 3 rings (SSSR count). The van der Waals surface area contributed by atoms with Gasteiger partial charge in [0.15, 0.2) is 0 Å². The third-order valence-electron chi connectivity index (χ3n) is 5.59. The first-order valence-corrected chi connectivity index (χ1v) is 7.53. The van der Waals surface area contributed by atoms with Crippen molar-refractivity contribution in [1.82, 2.24) is 0 Å². The van der Waals surface area contributed by atoms with Crippen molar-refractivity contribution in [2.24, 2.45) is 0 Å². The van der Waals surface area contributed by atoms with Crippen LogP contribution in [0.5, 0.6) is 0 Å². The average molecular weight is 304 g/mol. The average Bonchev–Trinajstić information content (AvgIpc) is 2.70. The Hall–Kier alpha value is 0.400. The molecule has 2 nitrogen and oxygen atoms in total. The fourth-order valence-electron chi connectivity index (χ4n) is 4.47. The third kappa shape index (κ3) is 2.87. The van der Waals surface area contributed by atoms with Crippen molar-refractivity contribution in [3.05, 3.63) is 0 Å². The Labute approximate surface area is 117 Å². The van der Waals surface area contributed by atoms with Gasteiger partial charge in [-0.1, -0.05) is 0 Å². The zero-order chi connectivity index (χ0) is 10.9. The number of rotatable bonds is 0. The number of piperidine rings is 1. The summed E-state index contributed by atoms with van der Waals surface area (Å²) in [5.74, 6) is 0. The Bertz CT molecular complexity index is 243. The van der Waals surface area contributed by atoms with Gasteiger partial charge >= 0.3 is 0 Å². The number of hydrogen-bond acceptors (Lipinski definition) is 0. The highest BCUT2D eigenvalue weighted by atomic mass is 79.9. The van der Waals surface area contributed by atoms with Crippen LogP contribution in [0.3, 0.4) is 0 Å². The Morgan fingerprint density at radius 3 is 1.18 bits per heavy atom. The molecule has 0 unspecified atom stereocenters. The van der Waals surface area contributed by atoms with E-state index in [1.54, 1.807) is 0 Å². The summed E-state index contributed by atoms with van der Waals surface area (Å²) in [6.07, 6.45) is 9.00. The topological polar surface area (TPSA) is 0 Å². The predicted molar refractivity (Wildman–Crippen MR) is 67.2 cm³/mol. The molecule has 0 saturated carbocycles.